The summed E-state index contributed by atoms with van der Waals surface area (Å²) in [7, 11) is 3.74. The van der Waals surface area contributed by atoms with Crippen LogP contribution in [0.25, 0.3) is 0 Å². The molecule has 0 aromatic carbocycles. The van der Waals surface area contributed by atoms with Crippen molar-refractivity contribution in [1.29, 1.82) is 0 Å². The third-order valence-electron chi connectivity index (χ3n) is 2.20. The highest BCUT2D eigenvalue weighted by molar-refractivity contribution is 8.76. The smallest absolute Gasteiger partial charge is 0.0189 e. The maximum atomic E-state index is 6.01. The minimum absolute atomic E-state index is 0.332. The van der Waals surface area contributed by atoms with Crippen LogP contribution in [0.3, 0.4) is 0 Å². The molecule has 0 aromatic heterocycles. The summed E-state index contributed by atoms with van der Waals surface area (Å²) in [6.45, 7) is 8.87. The van der Waals surface area contributed by atoms with Crippen molar-refractivity contribution in [2.75, 3.05) is 11.5 Å². The first kappa shape index (κ1) is 16.6. The number of hydrogen-bond donors (Lipinski definition) is 2. The molecule has 4 heteroatoms. The molecule has 0 spiro atoms. The fraction of sp³-hybridized carbons (Fsp3) is 1.00. The summed E-state index contributed by atoms with van der Waals surface area (Å²) in [5.41, 5.74) is 12.0. The van der Waals surface area contributed by atoms with E-state index < -0.39 is 0 Å². The molecular formula is C12H28N2S2. The molecule has 0 aliphatic carbocycles. The van der Waals surface area contributed by atoms with E-state index in [2.05, 4.69) is 27.7 Å². The lowest BCUT2D eigenvalue weighted by molar-refractivity contribution is 0.524. The molecule has 0 radical (unpaired) electrons. The fourth-order valence-electron chi connectivity index (χ4n) is 1.62. The summed E-state index contributed by atoms with van der Waals surface area (Å²) in [5, 5.41) is 0. The van der Waals surface area contributed by atoms with E-state index >= 15 is 0 Å². The van der Waals surface area contributed by atoms with E-state index in [-0.39, 0.29) is 0 Å². The zero-order valence-corrected chi connectivity index (χ0v) is 12.7. The van der Waals surface area contributed by atoms with E-state index in [4.69, 9.17) is 11.5 Å². The molecule has 0 fully saturated rings. The molecule has 0 unspecified atom stereocenters. The maximum absolute atomic E-state index is 6.01. The minimum atomic E-state index is 0.332. The molecule has 2 nitrogen and oxygen atoms in total. The van der Waals surface area contributed by atoms with Crippen molar-refractivity contribution in [1.82, 2.24) is 0 Å². The van der Waals surface area contributed by atoms with E-state index in [1.807, 2.05) is 21.6 Å². The predicted octanol–water partition coefficient (Wildman–Crippen LogP) is 3.11. The topological polar surface area (TPSA) is 52.0 Å². The van der Waals surface area contributed by atoms with Gasteiger partial charge in [-0.25, -0.2) is 0 Å². The zero-order chi connectivity index (χ0) is 12.6. The quantitative estimate of drug-likeness (QED) is 0.496. The molecule has 4 N–H and O–H groups in total. The molecule has 98 valence electrons. The normalized spacial score (nSPS) is 15.8. The minimum Gasteiger partial charge on any atom is -0.327 e. The molecule has 0 aliphatic heterocycles. The second kappa shape index (κ2) is 9.63. The molecule has 2 atom stereocenters. The highest BCUT2D eigenvalue weighted by Gasteiger charge is 2.08. The first-order valence-corrected chi connectivity index (χ1v) is 8.66. The van der Waals surface area contributed by atoms with Crippen LogP contribution in [0.1, 0.15) is 40.5 Å². The second-order valence-electron chi connectivity index (χ2n) is 5.35. The first-order valence-electron chi connectivity index (χ1n) is 6.17. The van der Waals surface area contributed by atoms with Gasteiger partial charge in [-0.2, -0.15) is 0 Å². The molecule has 0 bridgehead atoms. The fourth-order valence-corrected chi connectivity index (χ4v) is 4.06. The first-order chi connectivity index (χ1) is 7.41. The summed E-state index contributed by atoms with van der Waals surface area (Å²) in [5.74, 6) is 3.47. The van der Waals surface area contributed by atoms with Crippen LogP contribution in [0.15, 0.2) is 0 Å². The number of nitrogens with two attached hydrogens (primary N) is 2. The van der Waals surface area contributed by atoms with Gasteiger partial charge in [0.2, 0.25) is 0 Å². The molecular weight excluding hydrogens is 236 g/mol. The van der Waals surface area contributed by atoms with Gasteiger partial charge in [0.05, 0.1) is 0 Å². The van der Waals surface area contributed by atoms with Crippen molar-refractivity contribution in [2.45, 2.75) is 52.6 Å². The molecule has 0 aromatic rings. The van der Waals surface area contributed by atoms with Crippen molar-refractivity contribution in [3.05, 3.63) is 0 Å². The number of hydrogen-bond acceptors (Lipinski definition) is 4. The van der Waals surface area contributed by atoms with Crippen LogP contribution in [-0.2, 0) is 0 Å². The Morgan fingerprint density at radius 2 is 1.06 bits per heavy atom. The van der Waals surface area contributed by atoms with Crippen LogP contribution in [0.2, 0.25) is 0 Å². The van der Waals surface area contributed by atoms with Gasteiger partial charge in [-0.1, -0.05) is 49.3 Å². The SMILES string of the molecule is CC(C)C[C@H](N)CSSC[C@H](N)CC(C)C. The van der Waals surface area contributed by atoms with E-state index in [0.29, 0.717) is 23.9 Å². The Labute approximate surface area is 109 Å². The van der Waals surface area contributed by atoms with Crippen molar-refractivity contribution in [3.8, 4) is 0 Å². The maximum Gasteiger partial charge on any atom is 0.0189 e. The summed E-state index contributed by atoms with van der Waals surface area (Å²) in [6, 6.07) is 0.664. The van der Waals surface area contributed by atoms with Crippen molar-refractivity contribution >= 4 is 21.6 Å². The van der Waals surface area contributed by atoms with Crippen LogP contribution in [0.5, 0.6) is 0 Å². The Morgan fingerprint density at radius 3 is 1.31 bits per heavy atom. The Kier molecular flexibility index (Phi) is 10.0. The van der Waals surface area contributed by atoms with Crippen LogP contribution >= 0.6 is 21.6 Å². The predicted molar refractivity (Wildman–Crippen MR) is 79.8 cm³/mol. The molecule has 0 amide bonds. The second-order valence-corrected chi connectivity index (χ2v) is 7.90. The van der Waals surface area contributed by atoms with Crippen LogP contribution in [0, 0.1) is 11.8 Å². The van der Waals surface area contributed by atoms with E-state index in [1.54, 1.807) is 0 Å². The van der Waals surface area contributed by atoms with Crippen molar-refractivity contribution < 1.29 is 0 Å². The molecule has 0 saturated carbocycles. The van der Waals surface area contributed by atoms with E-state index in [9.17, 15) is 0 Å². The standard InChI is InChI=1S/C12H28N2S2/c1-9(2)5-11(13)7-15-16-8-12(14)6-10(3)4/h9-12H,5-8,13-14H2,1-4H3/t11-,12+. The van der Waals surface area contributed by atoms with Gasteiger partial charge in [-0.3, -0.25) is 0 Å². The van der Waals surface area contributed by atoms with Gasteiger partial charge in [0.15, 0.2) is 0 Å². The van der Waals surface area contributed by atoms with Crippen LogP contribution in [-0.4, -0.2) is 23.6 Å². The van der Waals surface area contributed by atoms with Gasteiger partial charge in [-0.15, -0.1) is 0 Å². The van der Waals surface area contributed by atoms with Crippen molar-refractivity contribution in [3.63, 3.8) is 0 Å². The third-order valence-corrected chi connectivity index (χ3v) is 4.81. The van der Waals surface area contributed by atoms with E-state index in [0.717, 1.165) is 24.3 Å². The van der Waals surface area contributed by atoms with Crippen LogP contribution in [0.4, 0.5) is 0 Å². The van der Waals surface area contributed by atoms with Gasteiger partial charge in [0.25, 0.3) is 0 Å². The molecule has 16 heavy (non-hydrogen) atoms. The highest BCUT2D eigenvalue weighted by Crippen LogP contribution is 2.24. The lowest BCUT2D eigenvalue weighted by Gasteiger charge is -2.15. The summed E-state index contributed by atoms with van der Waals surface area (Å²) in [6.07, 6.45) is 2.23. The third kappa shape index (κ3) is 11.1. The summed E-state index contributed by atoms with van der Waals surface area (Å²) >= 11 is 0. The lowest BCUT2D eigenvalue weighted by Crippen LogP contribution is -2.26. The molecule has 0 rings (SSSR count). The average Bonchev–Trinajstić information content (AvgIpc) is 2.10. The van der Waals surface area contributed by atoms with Crippen molar-refractivity contribution in [2.24, 2.45) is 23.3 Å². The van der Waals surface area contributed by atoms with Gasteiger partial charge >= 0.3 is 0 Å². The lowest BCUT2D eigenvalue weighted by atomic mass is 10.1. The van der Waals surface area contributed by atoms with Gasteiger partial charge in [0.1, 0.15) is 0 Å². The molecule has 0 aliphatic rings. The van der Waals surface area contributed by atoms with Gasteiger partial charge in [0, 0.05) is 23.6 Å². The highest BCUT2D eigenvalue weighted by atomic mass is 33.1. The average molecular weight is 265 g/mol. The van der Waals surface area contributed by atoms with E-state index in [1.165, 1.54) is 0 Å². The molecule has 0 heterocycles. The molecule has 0 saturated heterocycles. The monoisotopic (exact) mass is 264 g/mol. The Bertz CT molecular complexity index is 145. The summed E-state index contributed by atoms with van der Waals surface area (Å²) < 4.78 is 0. The Hall–Kier alpha value is 0.620. The Balaban J connectivity index is 3.38. The zero-order valence-electron chi connectivity index (χ0n) is 11.1. The Morgan fingerprint density at radius 1 is 0.750 bits per heavy atom. The largest absolute Gasteiger partial charge is 0.327 e. The van der Waals surface area contributed by atoms with Gasteiger partial charge < -0.3 is 11.5 Å². The van der Waals surface area contributed by atoms with Gasteiger partial charge in [-0.05, 0) is 24.7 Å². The summed E-state index contributed by atoms with van der Waals surface area (Å²) in [4.78, 5) is 0. The number of rotatable bonds is 9. The van der Waals surface area contributed by atoms with Crippen LogP contribution < -0.4 is 11.5 Å².